The van der Waals surface area contributed by atoms with E-state index in [1.165, 1.54) is 0 Å². The number of aryl methyl sites for hydroxylation is 1. The summed E-state index contributed by atoms with van der Waals surface area (Å²) in [7, 11) is 0. The van der Waals surface area contributed by atoms with Crippen LogP contribution in [0.4, 0.5) is 0 Å². The molecule has 0 atom stereocenters. The van der Waals surface area contributed by atoms with Gasteiger partial charge in [-0.1, -0.05) is 0 Å². The third kappa shape index (κ3) is 1.67. The third-order valence-corrected chi connectivity index (χ3v) is 2.97. The van der Waals surface area contributed by atoms with Crippen molar-refractivity contribution in [3.8, 4) is 11.3 Å². The van der Waals surface area contributed by atoms with Crippen molar-refractivity contribution in [1.82, 2.24) is 14.4 Å². The molecular formula is C14H13N3O. The topological polar surface area (TPSA) is 50.4 Å². The Labute approximate surface area is 105 Å². The van der Waals surface area contributed by atoms with Crippen LogP contribution in [0.15, 0.2) is 42.9 Å². The summed E-state index contributed by atoms with van der Waals surface area (Å²) >= 11 is 0. The standard InChI is InChI=1S/C14H13N3O/c1-10-4-6-17-12(9-18)14(16-13(17)7-10)11-3-2-5-15-8-11/h2-8,18H,9H2,1H3. The molecule has 4 nitrogen and oxygen atoms in total. The van der Waals surface area contributed by atoms with Gasteiger partial charge in [-0.25, -0.2) is 4.98 Å². The van der Waals surface area contributed by atoms with Crippen LogP contribution in [0.5, 0.6) is 0 Å². The van der Waals surface area contributed by atoms with Crippen molar-refractivity contribution in [1.29, 1.82) is 0 Å². The zero-order valence-electron chi connectivity index (χ0n) is 10.0. The third-order valence-electron chi connectivity index (χ3n) is 2.97. The summed E-state index contributed by atoms with van der Waals surface area (Å²) in [4.78, 5) is 8.67. The van der Waals surface area contributed by atoms with Gasteiger partial charge in [0.05, 0.1) is 18.0 Å². The summed E-state index contributed by atoms with van der Waals surface area (Å²) in [5, 5.41) is 9.55. The molecule has 18 heavy (non-hydrogen) atoms. The largest absolute Gasteiger partial charge is 0.390 e. The fourth-order valence-electron chi connectivity index (χ4n) is 2.08. The minimum absolute atomic E-state index is 0.0472. The average Bonchev–Trinajstić information content (AvgIpc) is 2.77. The van der Waals surface area contributed by atoms with E-state index in [0.717, 1.165) is 28.2 Å². The zero-order valence-corrected chi connectivity index (χ0v) is 10.0. The minimum atomic E-state index is -0.0472. The van der Waals surface area contributed by atoms with Crippen LogP contribution in [0.2, 0.25) is 0 Å². The first-order valence-electron chi connectivity index (χ1n) is 5.78. The molecule has 3 aromatic heterocycles. The number of hydrogen-bond donors (Lipinski definition) is 1. The van der Waals surface area contributed by atoms with Crippen LogP contribution < -0.4 is 0 Å². The van der Waals surface area contributed by atoms with Crippen molar-refractivity contribution in [2.45, 2.75) is 13.5 Å². The van der Waals surface area contributed by atoms with Crippen molar-refractivity contribution in [3.63, 3.8) is 0 Å². The predicted octanol–water partition coefficient (Wildman–Crippen LogP) is 2.20. The van der Waals surface area contributed by atoms with Crippen molar-refractivity contribution in [2.24, 2.45) is 0 Å². The molecule has 0 aliphatic heterocycles. The highest BCUT2D eigenvalue weighted by Gasteiger charge is 2.12. The average molecular weight is 239 g/mol. The van der Waals surface area contributed by atoms with Crippen LogP contribution in [0.25, 0.3) is 16.9 Å². The van der Waals surface area contributed by atoms with Gasteiger partial charge >= 0.3 is 0 Å². The van der Waals surface area contributed by atoms with E-state index in [4.69, 9.17) is 0 Å². The highest BCUT2D eigenvalue weighted by atomic mass is 16.3. The van der Waals surface area contributed by atoms with E-state index in [-0.39, 0.29) is 6.61 Å². The SMILES string of the molecule is Cc1ccn2c(CO)c(-c3cccnc3)nc2c1. The molecule has 0 bridgehead atoms. The maximum absolute atomic E-state index is 9.55. The maximum Gasteiger partial charge on any atom is 0.138 e. The van der Waals surface area contributed by atoms with Crippen molar-refractivity contribution in [3.05, 3.63) is 54.1 Å². The molecule has 0 aliphatic rings. The Balaban J connectivity index is 2.29. The lowest BCUT2D eigenvalue weighted by Gasteiger charge is -2.01. The first-order valence-corrected chi connectivity index (χ1v) is 5.78. The molecule has 0 unspecified atom stereocenters. The number of fused-ring (bicyclic) bond motifs is 1. The quantitative estimate of drug-likeness (QED) is 0.745. The first-order chi connectivity index (χ1) is 8.79. The number of hydrogen-bond acceptors (Lipinski definition) is 3. The van der Waals surface area contributed by atoms with Gasteiger partial charge in [-0.3, -0.25) is 4.98 Å². The Hall–Kier alpha value is -2.20. The summed E-state index contributed by atoms with van der Waals surface area (Å²) in [5.41, 5.74) is 4.49. The Morgan fingerprint density at radius 3 is 2.94 bits per heavy atom. The van der Waals surface area contributed by atoms with Crippen LogP contribution >= 0.6 is 0 Å². The number of imidazole rings is 1. The first kappa shape index (κ1) is 10.9. The smallest absolute Gasteiger partial charge is 0.138 e. The Kier molecular flexibility index (Phi) is 2.57. The summed E-state index contributed by atoms with van der Waals surface area (Å²) in [6.45, 7) is 1.98. The van der Waals surface area contributed by atoms with E-state index < -0.39 is 0 Å². The van der Waals surface area contributed by atoms with E-state index in [0.29, 0.717) is 0 Å². The summed E-state index contributed by atoms with van der Waals surface area (Å²) < 4.78 is 1.91. The van der Waals surface area contributed by atoms with Crippen LogP contribution in [0.3, 0.4) is 0 Å². The molecule has 0 amide bonds. The number of aromatic nitrogens is 3. The Morgan fingerprint density at radius 1 is 1.33 bits per heavy atom. The lowest BCUT2D eigenvalue weighted by molar-refractivity contribution is 0.276. The highest BCUT2D eigenvalue weighted by Crippen LogP contribution is 2.24. The second-order valence-electron chi connectivity index (χ2n) is 4.24. The van der Waals surface area contributed by atoms with Gasteiger partial charge in [-0.05, 0) is 36.8 Å². The number of aliphatic hydroxyl groups excluding tert-OH is 1. The summed E-state index contributed by atoms with van der Waals surface area (Å²) in [6, 6.07) is 7.81. The van der Waals surface area contributed by atoms with Gasteiger partial charge in [0.2, 0.25) is 0 Å². The van der Waals surface area contributed by atoms with Gasteiger partial charge in [0, 0.05) is 24.2 Å². The molecule has 1 N–H and O–H groups in total. The number of pyridine rings is 2. The van der Waals surface area contributed by atoms with E-state index in [2.05, 4.69) is 9.97 Å². The van der Waals surface area contributed by atoms with Gasteiger partial charge in [-0.15, -0.1) is 0 Å². The van der Waals surface area contributed by atoms with E-state index >= 15 is 0 Å². The Bertz CT molecular complexity index is 689. The molecule has 3 rings (SSSR count). The van der Waals surface area contributed by atoms with Crippen LogP contribution in [-0.2, 0) is 6.61 Å². The lowest BCUT2D eigenvalue weighted by Crippen LogP contribution is -1.94. The van der Waals surface area contributed by atoms with Gasteiger partial charge in [0.1, 0.15) is 5.65 Å². The van der Waals surface area contributed by atoms with Crippen LogP contribution in [0, 0.1) is 6.92 Å². The van der Waals surface area contributed by atoms with Crippen molar-refractivity contribution >= 4 is 5.65 Å². The van der Waals surface area contributed by atoms with Gasteiger partial charge in [0.25, 0.3) is 0 Å². The number of rotatable bonds is 2. The molecule has 3 heterocycles. The molecule has 0 saturated heterocycles. The van der Waals surface area contributed by atoms with Crippen LogP contribution in [0.1, 0.15) is 11.3 Å². The summed E-state index contributed by atoms with van der Waals surface area (Å²) in [6.07, 6.45) is 5.42. The molecule has 0 fully saturated rings. The van der Waals surface area contributed by atoms with Gasteiger partial charge in [0.15, 0.2) is 0 Å². The molecule has 0 aliphatic carbocycles. The monoisotopic (exact) mass is 239 g/mol. The van der Waals surface area contributed by atoms with Crippen molar-refractivity contribution in [2.75, 3.05) is 0 Å². The molecule has 0 spiro atoms. The molecular weight excluding hydrogens is 226 g/mol. The van der Waals surface area contributed by atoms with Crippen LogP contribution in [-0.4, -0.2) is 19.5 Å². The zero-order chi connectivity index (χ0) is 12.5. The Morgan fingerprint density at radius 2 is 2.22 bits per heavy atom. The summed E-state index contributed by atoms with van der Waals surface area (Å²) in [5.74, 6) is 0. The number of nitrogens with zero attached hydrogens (tertiary/aromatic N) is 3. The minimum Gasteiger partial charge on any atom is -0.390 e. The second-order valence-corrected chi connectivity index (χ2v) is 4.24. The van der Waals surface area contributed by atoms with Gasteiger partial charge < -0.3 is 9.51 Å². The van der Waals surface area contributed by atoms with E-state index in [9.17, 15) is 5.11 Å². The fraction of sp³-hybridized carbons (Fsp3) is 0.143. The maximum atomic E-state index is 9.55. The van der Waals surface area contributed by atoms with Gasteiger partial charge in [-0.2, -0.15) is 0 Å². The molecule has 3 aromatic rings. The van der Waals surface area contributed by atoms with Crippen molar-refractivity contribution < 1.29 is 5.11 Å². The fourth-order valence-corrected chi connectivity index (χ4v) is 2.08. The molecule has 90 valence electrons. The number of aliphatic hydroxyl groups is 1. The normalized spacial score (nSPS) is 11.0. The molecule has 4 heteroatoms. The highest BCUT2D eigenvalue weighted by molar-refractivity contribution is 5.65. The van der Waals surface area contributed by atoms with E-state index in [1.807, 2.05) is 41.8 Å². The lowest BCUT2D eigenvalue weighted by atomic mass is 10.2. The molecule has 0 saturated carbocycles. The predicted molar refractivity (Wildman–Crippen MR) is 69.1 cm³/mol. The molecule has 0 radical (unpaired) electrons. The second kappa shape index (κ2) is 4.23. The molecule has 0 aromatic carbocycles. The van der Waals surface area contributed by atoms with E-state index in [1.54, 1.807) is 12.4 Å².